The molecule has 0 spiro atoms. The van der Waals surface area contributed by atoms with Crippen LogP contribution in [-0.2, 0) is 13.1 Å². The summed E-state index contributed by atoms with van der Waals surface area (Å²) in [5.41, 5.74) is 2.10. The summed E-state index contributed by atoms with van der Waals surface area (Å²) in [5, 5.41) is 12.4. The van der Waals surface area contributed by atoms with Crippen molar-refractivity contribution in [2.75, 3.05) is 26.2 Å². The smallest absolute Gasteiger partial charge is 0.0558 e. The first-order valence-corrected chi connectivity index (χ1v) is 6.89. The van der Waals surface area contributed by atoms with Crippen LogP contribution in [-0.4, -0.2) is 41.2 Å². The number of hydrogen-bond acceptors (Lipinski definition) is 4. The van der Waals surface area contributed by atoms with Gasteiger partial charge in [-0.25, -0.2) is 0 Å². The number of aliphatic hydroxyl groups excluding tert-OH is 1. The van der Waals surface area contributed by atoms with E-state index in [0.717, 1.165) is 44.0 Å². The average Bonchev–Trinajstić information content (AvgIpc) is 2.40. The fraction of sp³-hybridized carbons (Fsp3) is 0.533. The van der Waals surface area contributed by atoms with E-state index in [0.29, 0.717) is 6.54 Å². The number of nitrogens with one attached hydrogen (secondary N) is 1. The largest absolute Gasteiger partial charge is 0.395 e. The van der Waals surface area contributed by atoms with Crippen molar-refractivity contribution in [1.29, 1.82) is 0 Å². The molecule has 0 aliphatic rings. The van der Waals surface area contributed by atoms with E-state index in [9.17, 15) is 0 Å². The van der Waals surface area contributed by atoms with Crippen LogP contribution in [0.3, 0.4) is 0 Å². The summed E-state index contributed by atoms with van der Waals surface area (Å²) in [6.07, 6.45) is 2.98. The van der Waals surface area contributed by atoms with Gasteiger partial charge in [-0.1, -0.05) is 19.1 Å². The summed E-state index contributed by atoms with van der Waals surface area (Å²) in [4.78, 5) is 6.75. The second-order valence-electron chi connectivity index (χ2n) is 4.54. The maximum Gasteiger partial charge on any atom is 0.0558 e. The van der Waals surface area contributed by atoms with Crippen molar-refractivity contribution >= 4 is 0 Å². The molecule has 0 bridgehead atoms. The minimum absolute atomic E-state index is 0.158. The van der Waals surface area contributed by atoms with Crippen LogP contribution in [0.4, 0.5) is 0 Å². The van der Waals surface area contributed by atoms with Crippen LogP contribution >= 0.6 is 0 Å². The monoisotopic (exact) mass is 263 g/mol. The minimum Gasteiger partial charge on any atom is -0.395 e. The molecule has 1 aromatic heterocycles. The summed E-state index contributed by atoms with van der Waals surface area (Å²) >= 11 is 0. The molecule has 1 aromatic rings. The van der Waals surface area contributed by atoms with E-state index in [4.69, 9.17) is 5.11 Å². The lowest BCUT2D eigenvalue weighted by Crippen LogP contribution is -2.27. The van der Waals surface area contributed by atoms with Crippen LogP contribution in [0.2, 0.25) is 0 Å². The van der Waals surface area contributed by atoms with E-state index in [2.05, 4.69) is 28.7 Å². The molecule has 0 radical (unpaired) electrons. The zero-order valence-electron chi connectivity index (χ0n) is 11.8. The third-order valence-electron chi connectivity index (χ3n) is 2.79. The Morgan fingerprint density at radius 2 is 2.21 bits per heavy atom. The van der Waals surface area contributed by atoms with Crippen molar-refractivity contribution in [3.8, 4) is 0 Å². The van der Waals surface area contributed by atoms with Crippen molar-refractivity contribution in [3.05, 3.63) is 42.2 Å². The van der Waals surface area contributed by atoms with Gasteiger partial charge in [0.15, 0.2) is 0 Å². The fourth-order valence-corrected chi connectivity index (χ4v) is 1.90. The van der Waals surface area contributed by atoms with Crippen LogP contribution < -0.4 is 5.32 Å². The third kappa shape index (κ3) is 6.47. The van der Waals surface area contributed by atoms with Gasteiger partial charge in [-0.05, 0) is 25.1 Å². The molecule has 0 unspecified atom stereocenters. The van der Waals surface area contributed by atoms with E-state index >= 15 is 0 Å². The van der Waals surface area contributed by atoms with Gasteiger partial charge in [-0.2, -0.15) is 0 Å². The summed E-state index contributed by atoms with van der Waals surface area (Å²) in [6.45, 7) is 10.0. The van der Waals surface area contributed by atoms with Crippen LogP contribution in [0.1, 0.15) is 24.7 Å². The fourth-order valence-electron chi connectivity index (χ4n) is 1.90. The molecule has 106 valence electrons. The highest BCUT2D eigenvalue weighted by Gasteiger charge is 2.05. The Morgan fingerprint density at radius 3 is 2.89 bits per heavy atom. The third-order valence-corrected chi connectivity index (χ3v) is 2.79. The topological polar surface area (TPSA) is 48.4 Å². The zero-order valence-corrected chi connectivity index (χ0v) is 11.8. The number of aromatic nitrogens is 1. The van der Waals surface area contributed by atoms with Gasteiger partial charge in [0.05, 0.1) is 18.0 Å². The van der Waals surface area contributed by atoms with Crippen LogP contribution in [0, 0.1) is 0 Å². The highest BCUT2D eigenvalue weighted by Crippen LogP contribution is 2.04. The quantitative estimate of drug-likeness (QED) is 0.497. The van der Waals surface area contributed by atoms with Gasteiger partial charge in [-0.15, -0.1) is 6.58 Å². The molecule has 0 atom stereocenters. The maximum atomic E-state index is 9.03. The van der Waals surface area contributed by atoms with Crippen LogP contribution in [0.5, 0.6) is 0 Å². The molecule has 4 nitrogen and oxygen atoms in total. The van der Waals surface area contributed by atoms with E-state index in [1.165, 1.54) is 0 Å². The molecule has 1 heterocycles. The Bertz CT molecular complexity index is 368. The molecule has 0 saturated carbocycles. The Labute approximate surface area is 116 Å². The van der Waals surface area contributed by atoms with Gasteiger partial charge in [0.25, 0.3) is 0 Å². The zero-order chi connectivity index (χ0) is 13.9. The first kappa shape index (κ1) is 15.8. The Hall–Kier alpha value is -1.23. The number of rotatable bonds is 10. The Kier molecular flexibility index (Phi) is 8.05. The predicted molar refractivity (Wildman–Crippen MR) is 78.8 cm³/mol. The molecule has 0 aliphatic heterocycles. The lowest BCUT2D eigenvalue weighted by molar-refractivity contribution is 0.202. The summed E-state index contributed by atoms with van der Waals surface area (Å²) in [7, 11) is 0. The van der Waals surface area contributed by atoms with Crippen molar-refractivity contribution in [1.82, 2.24) is 15.2 Å². The van der Waals surface area contributed by atoms with Crippen LogP contribution in [0.15, 0.2) is 30.9 Å². The standard InChI is InChI=1S/C15H25N3O/c1-3-8-16-12-14-6-5-7-15(17-14)13-18(9-4-2)10-11-19/h4-7,16,19H,2-3,8-13H2,1H3. The Morgan fingerprint density at radius 1 is 1.42 bits per heavy atom. The van der Waals surface area contributed by atoms with E-state index in [-0.39, 0.29) is 6.61 Å². The van der Waals surface area contributed by atoms with Gasteiger partial charge in [0.2, 0.25) is 0 Å². The van der Waals surface area contributed by atoms with Crippen molar-refractivity contribution in [2.45, 2.75) is 26.4 Å². The van der Waals surface area contributed by atoms with Crippen LogP contribution in [0.25, 0.3) is 0 Å². The number of aliphatic hydroxyl groups is 1. The second kappa shape index (κ2) is 9.67. The van der Waals surface area contributed by atoms with Gasteiger partial charge in [0.1, 0.15) is 0 Å². The lowest BCUT2D eigenvalue weighted by atomic mass is 10.2. The first-order chi connectivity index (χ1) is 9.30. The Balaban J connectivity index is 2.56. The molecular formula is C15H25N3O. The van der Waals surface area contributed by atoms with Crippen molar-refractivity contribution in [2.24, 2.45) is 0 Å². The molecule has 0 saturated heterocycles. The van der Waals surface area contributed by atoms with Crippen molar-refractivity contribution < 1.29 is 5.11 Å². The highest BCUT2D eigenvalue weighted by atomic mass is 16.3. The van der Waals surface area contributed by atoms with Gasteiger partial charge in [-0.3, -0.25) is 9.88 Å². The average molecular weight is 263 g/mol. The first-order valence-electron chi connectivity index (χ1n) is 6.89. The summed E-state index contributed by atoms with van der Waals surface area (Å²) in [6, 6.07) is 6.10. The molecule has 0 aliphatic carbocycles. The van der Waals surface area contributed by atoms with Gasteiger partial charge in [0, 0.05) is 26.2 Å². The molecule has 4 heteroatoms. The molecule has 19 heavy (non-hydrogen) atoms. The number of hydrogen-bond donors (Lipinski definition) is 2. The van der Waals surface area contributed by atoms with E-state index in [1.807, 2.05) is 24.3 Å². The number of nitrogens with zero attached hydrogens (tertiary/aromatic N) is 2. The minimum atomic E-state index is 0.158. The van der Waals surface area contributed by atoms with Gasteiger partial charge < -0.3 is 10.4 Å². The van der Waals surface area contributed by atoms with Gasteiger partial charge >= 0.3 is 0 Å². The van der Waals surface area contributed by atoms with Crippen molar-refractivity contribution in [3.63, 3.8) is 0 Å². The second-order valence-corrected chi connectivity index (χ2v) is 4.54. The molecule has 2 N–H and O–H groups in total. The molecule has 0 aromatic carbocycles. The van der Waals surface area contributed by atoms with E-state index in [1.54, 1.807) is 0 Å². The lowest BCUT2D eigenvalue weighted by Gasteiger charge is -2.19. The maximum absolute atomic E-state index is 9.03. The molecule has 0 fully saturated rings. The number of pyridine rings is 1. The molecule has 1 rings (SSSR count). The molecular weight excluding hydrogens is 238 g/mol. The summed E-state index contributed by atoms with van der Waals surface area (Å²) in [5.74, 6) is 0. The SMILES string of the molecule is C=CCN(CCO)Cc1cccc(CNCCC)n1. The normalized spacial score (nSPS) is 10.9. The summed E-state index contributed by atoms with van der Waals surface area (Å²) < 4.78 is 0. The highest BCUT2D eigenvalue weighted by molar-refractivity contribution is 5.11. The molecule has 0 amide bonds. The predicted octanol–water partition coefficient (Wildman–Crippen LogP) is 1.56. The van der Waals surface area contributed by atoms with E-state index < -0.39 is 0 Å².